The average Bonchev–Trinajstić information content (AvgIpc) is 2.54. The van der Waals surface area contributed by atoms with Crippen LogP contribution in [0, 0.1) is 5.92 Å². The maximum Gasteiger partial charge on any atom is 0.326 e. The highest BCUT2D eigenvalue weighted by molar-refractivity contribution is 6.33. The fraction of sp³-hybridized carbons (Fsp3) is 0.353. The van der Waals surface area contributed by atoms with Crippen molar-refractivity contribution in [2.75, 3.05) is 5.32 Å². The first kappa shape index (κ1) is 18.0. The van der Waals surface area contributed by atoms with Gasteiger partial charge in [0.1, 0.15) is 11.1 Å². The van der Waals surface area contributed by atoms with Gasteiger partial charge in [0, 0.05) is 0 Å². The predicted molar refractivity (Wildman–Crippen MR) is 93.6 cm³/mol. The Morgan fingerprint density at radius 1 is 1.33 bits per heavy atom. The third-order valence-corrected chi connectivity index (χ3v) is 3.86. The lowest BCUT2D eigenvalue weighted by molar-refractivity contribution is -0.138. The molecule has 0 saturated heterocycles. The lowest BCUT2D eigenvalue weighted by Crippen LogP contribution is -2.32. The molecule has 0 fully saturated rings. The molecule has 128 valence electrons. The number of carboxylic acid groups (broad SMARTS) is 1. The van der Waals surface area contributed by atoms with Gasteiger partial charge in [-0.3, -0.25) is 4.79 Å². The molecule has 1 unspecified atom stereocenters. The van der Waals surface area contributed by atoms with Gasteiger partial charge in [0.15, 0.2) is 0 Å². The van der Waals surface area contributed by atoms with Gasteiger partial charge in [-0.25, -0.2) is 9.48 Å². The normalized spacial score (nSPS) is 12.2. The SMILES string of the molecule is CC(C)CC(Nc1cnn(Cc2ccccc2)c(=O)c1Cl)C(=O)O. The third-order valence-electron chi connectivity index (χ3n) is 3.49. The number of aliphatic carboxylic acids is 1. The van der Waals surface area contributed by atoms with Crippen LogP contribution < -0.4 is 10.9 Å². The number of halogens is 1. The van der Waals surface area contributed by atoms with Crippen LogP contribution in [-0.2, 0) is 11.3 Å². The molecule has 0 bridgehead atoms. The smallest absolute Gasteiger partial charge is 0.326 e. The third kappa shape index (κ3) is 4.58. The Kier molecular flexibility index (Phi) is 5.98. The van der Waals surface area contributed by atoms with E-state index in [1.54, 1.807) is 0 Å². The molecule has 2 aromatic rings. The summed E-state index contributed by atoms with van der Waals surface area (Å²) in [6.07, 6.45) is 1.81. The molecule has 0 aliphatic heterocycles. The molecular weight excluding hydrogens is 330 g/mol. The summed E-state index contributed by atoms with van der Waals surface area (Å²) in [5.74, 6) is -0.808. The van der Waals surface area contributed by atoms with Crippen LogP contribution in [0.25, 0.3) is 0 Å². The van der Waals surface area contributed by atoms with Crippen molar-refractivity contribution in [1.82, 2.24) is 9.78 Å². The van der Waals surface area contributed by atoms with E-state index in [4.69, 9.17) is 11.6 Å². The average molecular weight is 350 g/mol. The Bertz CT molecular complexity index is 759. The quantitative estimate of drug-likeness (QED) is 0.803. The molecule has 2 rings (SSSR count). The van der Waals surface area contributed by atoms with Gasteiger partial charge in [-0.1, -0.05) is 55.8 Å². The molecule has 1 heterocycles. The van der Waals surface area contributed by atoms with Crippen LogP contribution in [0.4, 0.5) is 5.69 Å². The largest absolute Gasteiger partial charge is 0.480 e. The summed E-state index contributed by atoms with van der Waals surface area (Å²) in [4.78, 5) is 23.7. The molecule has 2 N–H and O–H groups in total. The number of nitrogens with one attached hydrogen (secondary N) is 1. The molecule has 24 heavy (non-hydrogen) atoms. The van der Waals surface area contributed by atoms with Crippen LogP contribution in [0.15, 0.2) is 41.3 Å². The van der Waals surface area contributed by atoms with Gasteiger partial charge in [-0.2, -0.15) is 5.10 Å². The van der Waals surface area contributed by atoms with Gasteiger partial charge in [-0.05, 0) is 17.9 Å². The minimum Gasteiger partial charge on any atom is -0.480 e. The summed E-state index contributed by atoms with van der Waals surface area (Å²) in [5, 5.41) is 16.1. The highest BCUT2D eigenvalue weighted by Gasteiger charge is 2.21. The van der Waals surface area contributed by atoms with E-state index in [1.807, 2.05) is 44.2 Å². The monoisotopic (exact) mass is 349 g/mol. The van der Waals surface area contributed by atoms with Crippen molar-refractivity contribution in [2.24, 2.45) is 5.92 Å². The lowest BCUT2D eigenvalue weighted by Gasteiger charge is -2.18. The number of hydrogen-bond donors (Lipinski definition) is 2. The number of nitrogens with zero attached hydrogens (tertiary/aromatic N) is 2. The minimum atomic E-state index is -0.992. The van der Waals surface area contributed by atoms with E-state index in [0.29, 0.717) is 13.0 Å². The van der Waals surface area contributed by atoms with Gasteiger partial charge in [0.25, 0.3) is 5.56 Å². The molecule has 1 atom stereocenters. The number of aromatic nitrogens is 2. The number of anilines is 1. The van der Waals surface area contributed by atoms with Crippen molar-refractivity contribution in [3.05, 3.63) is 57.5 Å². The molecule has 0 spiro atoms. The summed E-state index contributed by atoms with van der Waals surface area (Å²) in [6, 6.07) is 8.59. The van der Waals surface area contributed by atoms with Crippen molar-refractivity contribution in [1.29, 1.82) is 0 Å². The first-order valence-corrected chi connectivity index (χ1v) is 8.05. The molecule has 0 radical (unpaired) electrons. The zero-order valence-corrected chi connectivity index (χ0v) is 14.3. The van der Waals surface area contributed by atoms with Crippen LogP contribution in [0.5, 0.6) is 0 Å². The zero-order valence-electron chi connectivity index (χ0n) is 13.6. The molecule has 1 aromatic heterocycles. The first-order valence-electron chi connectivity index (χ1n) is 7.67. The van der Waals surface area contributed by atoms with E-state index in [-0.39, 0.29) is 16.6 Å². The highest BCUT2D eigenvalue weighted by atomic mass is 35.5. The minimum absolute atomic E-state index is 0.0593. The van der Waals surface area contributed by atoms with E-state index in [9.17, 15) is 14.7 Å². The fourth-order valence-corrected chi connectivity index (χ4v) is 2.52. The van der Waals surface area contributed by atoms with Crippen LogP contribution in [0.3, 0.4) is 0 Å². The number of benzene rings is 1. The number of carboxylic acids is 1. The predicted octanol–water partition coefficient (Wildman–Crippen LogP) is 2.86. The van der Waals surface area contributed by atoms with Gasteiger partial charge in [-0.15, -0.1) is 0 Å². The zero-order chi connectivity index (χ0) is 17.7. The fourth-order valence-electron chi connectivity index (χ4n) is 2.32. The molecule has 7 heteroatoms. The topological polar surface area (TPSA) is 84.2 Å². The molecule has 1 aromatic carbocycles. The summed E-state index contributed by atoms with van der Waals surface area (Å²) >= 11 is 6.12. The molecule has 0 saturated carbocycles. The molecule has 0 aliphatic carbocycles. The van der Waals surface area contributed by atoms with Crippen molar-refractivity contribution >= 4 is 23.3 Å². The number of hydrogen-bond acceptors (Lipinski definition) is 4. The Balaban J connectivity index is 2.23. The Hall–Kier alpha value is -2.34. The first-order chi connectivity index (χ1) is 11.4. The molecule has 6 nitrogen and oxygen atoms in total. The van der Waals surface area contributed by atoms with Gasteiger partial charge < -0.3 is 10.4 Å². The van der Waals surface area contributed by atoms with Crippen LogP contribution in [-0.4, -0.2) is 26.9 Å². The van der Waals surface area contributed by atoms with E-state index in [1.165, 1.54) is 10.9 Å². The van der Waals surface area contributed by atoms with Crippen LogP contribution >= 0.6 is 11.6 Å². The van der Waals surface area contributed by atoms with Crippen LogP contribution in [0.1, 0.15) is 25.8 Å². The summed E-state index contributed by atoms with van der Waals surface area (Å²) in [5.41, 5.74) is 0.699. The second-order valence-corrected chi connectivity index (χ2v) is 6.36. The van der Waals surface area contributed by atoms with E-state index >= 15 is 0 Å². The maximum absolute atomic E-state index is 12.3. The molecular formula is C17H20ClN3O3. The van der Waals surface area contributed by atoms with Gasteiger partial charge >= 0.3 is 5.97 Å². The lowest BCUT2D eigenvalue weighted by atomic mass is 10.0. The Labute approximate surface area is 145 Å². The Morgan fingerprint density at radius 2 is 2.00 bits per heavy atom. The number of carbonyl (C=O) groups is 1. The van der Waals surface area contributed by atoms with Gasteiger partial charge in [0.05, 0.1) is 18.4 Å². The van der Waals surface area contributed by atoms with E-state index in [2.05, 4.69) is 10.4 Å². The summed E-state index contributed by atoms with van der Waals surface area (Å²) in [7, 11) is 0. The number of rotatable bonds is 7. The Morgan fingerprint density at radius 3 is 2.58 bits per heavy atom. The maximum atomic E-state index is 12.3. The second kappa shape index (κ2) is 7.97. The standard InChI is InChI=1S/C17H20ClN3O3/c1-11(2)8-13(17(23)24)20-14-9-19-21(16(22)15(14)18)10-12-6-4-3-5-7-12/h3-7,9,11,13,20H,8,10H2,1-2H3,(H,23,24). The molecule has 0 aliphatic rings. The molecule has 0 amide bonds. The second-order valence-electron chi connectivity index (χ2n) is 5.99. The van der Waals surface area contributed by atoms with Crippen molar-refractivity contribution in [3.63, 3.8) is 0 Å². The summed E-state index contributed by atoms with van der Waals surface area (Å²) in [6.45, 7) is 4.15. The van der Waals surface area contributed by atoms with Gasteiger partial charge in [0.2, 0.25) is 0 Å². The van der Waals surface area contributed by atoms with Crippen LogP contribution in [0.2, 0.25) is 5.02 Å². The van der Waals surface area contributed by atoms with E-state index < -0.39 is 17.6 Å². The summed E-state index contributed by atoms with van der Waals surface area (Å²) < 4.78 is 1.25. The van der Waals surface area contributed by atoms with Crippen molar-refractivity contribution in [2.45, 2.75) is 32.9 Å². The van der Waals surface area contributed by atoms with E-state index in [0.717, 1.165) is 5.56 Å². The van der Waals surface area contributed by atoms with Crippen molar-refractivity contribution < 1.29 is 9.90 Å². The van der Waals surface area contributed by atoms with Crippen molar-refractivity contribution in [3.8, 4) is 0 Å². The highest BCUT2D eigenvalue weighted by Crippen LogP contribution is 2.19.